The Morgan fingerprint density at radius 1 is 1.11 bits per heavy atom. The Labute approximate surface area is 162 Å². The molecule has 1 aromatic heterocycles. The van der Waals surface area contributed by atoms with Crippen LogP contribution in [0.15, 0.2) is 52.5 Å². The van der Waals surface area contributed by atoms with E-state index in [0.717, 1.165) is 19.3 Å². The lowest BCUT2D eigenvalue weighted by Crippen LogP contribution is -2.35. The molecule has 9 heteroatoms. The van der Waals surface area contributed by atoms with Crippen LogP contribution in [-0.2, 0) is 14.8 Å². The normalized spacial score (nSPS) is 15.4. The molecule has 27 heavy (non-hydrogen) atoms. The number of carbonyl (C=O) groups is 1. The lowest BCUT2D eigenvalue weighted by molar-refractivity contribution is -0.113. The molecule has 6 nitrogen and oxygen atoms in total. The van der Waals surface area contributed by atoms with Crippen LogP contribution in [0.25, 0.3) is 0 Å². The lowest BCUT2D eigenvalue weighted by Gasteiger charge is -2.25. The van der Waals surface area contributed by atoms with Crippen LogP contribution in [0, 0.1) is 5.82 Å². The molecule has 1 aliphatic heterocycles. The van der Waals surface area contributed by atoms with Gasteiger partial charge in [-0.05, 0) is 49.2 Å². The van der Waals surface area contributed by atoms with Crippen LogP contribution in [0.1, 0.15) is 19.3 Å². The molecule has 0 spiro atoms. The summed E-state index contributed by atoms with van der Waals surface area (Å²) in [6.07, 6.45) is 4.15. The van der Waals surface area contributed by atoms with Gasteiger partial charge in [-0.1, -0.05) is 18.2 Å². The molecule has 1 amide bonds. The van der Waals surface area contributed by atoms with E-state index in [0.29, 0.717) is 23.8 Å². The van der Waals surface area contributed by atoms with Gasteiger partial charge in [-0.3, -0.25) is 4.79 Å². The number of carbonyl (C=O) groups excluding carboxylic acids is 1. The number of halogens is 1. The van der Waals surface area contributed by atoms with Gasteiger partial charge in [-0.2, -0.15) is 4.31 Å². The lowest BCUT2D eigenvalue weighted by atomic mass is 10.2. The number of sulfonamides is 1. The third-order valence-electron chi connectivity index (χ3n) is 4.14. The first-order valence-corrected chi connectivity index (χ1v) is 11.0. The number of pyridine rings is 1. The van der Waals surface area contributed by atoms with Crippen molar-refractivity contribution in [1.29, 1.82) is 0 Å². The molecule has 1 N–H and O–H groups in total. The molecule has 1 aromatic carbocycles. The average Bonchev–Trinajstić information content (AvgIpc) is 2.69. The second-order valence-electron chi connectivity index (χ2n) is 6.14. The molecule has 1 fully saturated rings. The summed E-state index contributed by atoms with van der Waals surface area (Å²) in [5, 5.41) is 3.22. The topological polar surface area (TPSA) is 79.4 Å². The van der Waals surface area contributed by atoms with E-state index in [1.807, 2.05) is 0 Å². The van der Waals surface area contributed by atoms with Gasteiger partial charge in [0.05, 0.1) is 10.8 Å². The van der Waals surface area contributed by atoms with Crippen molar-refractivity contribution in [2.45, 2.75) is 29.2 Å². The SMILES string of the molecule is O=C(CSc1ccc(S(=O)(=O)N2CCCCC2)cn1)Nc1ccc(F)cc1. The summed E-state index contributed by atoms with van der Waals surface area (Å²) >= 11 is 1.20. The van der Waals surface area contributed by atoms with Gasteiger partial charge in [-0.25, -0.2) is 17.8 Å². The monoisotopic (exact) mass is 409 g/mol. The first kappa shape index (κ1) is 19.8. The average molecular weight is 410 g/mol. The van der Waals surface area contributed by atoms with Crippen molar-refractivity contribution >= 4 is 33.4 Å². The third kappa shape index (κ3) is 5.27. The van der Waals surface area contributed by atoms with E-state index in [1.54, 1.807) is 6.07 Å². The zero-order chi connectivity index (χ0) is 19.3. The van der Waals surface area contributed by atoms with Gasteiger partial charge >= 0.3 is 0 Å². The van der Waals surface area contributed by atoms with Gasteiger partial charge in [0, 0.05) is 25.0 Å². The highest BCUT2D eigenvalue weighted by molar-refractivity contribution is 7.99. The van der Waals surface area contributed by atoms with Crippen molar-refractivity contribution in [2.75, 3.05) is 24.2 Å². The number of nitrogens with zero attached hydrogens (tertiary/aromatic N) is 2. The number of rotatable bonds is 6. The van der Waals surface area contributed by atoms with Crippen molar-refractivity contribution in [3.63, 3.8) is 0 Å². The number of amides is 1. The molecule has 0 unspecified atom stereocenters. The fourth-order valence-corrected chi connectivity index (χ4v) is 4.83. The van der Waals surface area contributed by atoms with E-state index in [-0.39, 0.29) is 22.4 Å². The van der Waals surface area contributed by atoms with Crippen LogP contribution < -0.4 is 5.32 Å². The summed E-state index contributed by atoms with van der Waals surface area (Å²) in [7, 11) is -3.50. The van der Waals surface area contributed by atoms with Gasteiger partial charge in [0.15, 0.2) is 0 Å². The van der Waals surface area contributed by atoms with Crippen LogP contribution >= 0.6 is 11.8 Å². The fraction of sp³-hybridized carbons (Fsp3) is 0.333. The number of nitrogens with one attached hydrogen (secondary N) is 1. The molecule has 1 aliphatic rings. The molecule has 0 bridgehead atoms. The quantitative estimate of drug-likeness (QED) is 0.742. The smallest absolute Gasteiger partial charge is 0.244 e. The molecule has 0 saturated carbocycles. The van der Waals surface area contributed by atoms with Crippen molar-refractivity contribution < 1.29 is 17.6 Å². The minimum Gasteiger partial charge on any atom is -0.325 e. The maximum absolute atomic E-state index is 12.9. The van der Waals surface area contributed by atoms with Gasteiger partial charge < -0.3 is 5.32 Å². The minimum absolute atomic E-state index is 0.114. The Kier molecular flexibility index (Phi) is 6.46. The van der Waals surface area contributed by atoms with Crippen LogP contribution in [0.2, 0.25) is 0 Å². The van der Waals surface area contributed by atoms with Gasteiger partial charge in [-0.15, -0.1) is 0 Å². The Morgan fingerprint density at radius 2 is 1.81 bits per heavy atom. The highest BCUT2D eigenvalue weighted by atomic mass is 32.2. The summed E-state index contributed by atoms with van der Waals surface area (Å²) in [6.45, 7) is 1.09. The molecule has 0 radical (unpaired) electrons. The zero-order valence-corrected chi connectivity index (χ0v) is 16.2. The zero-order valence-electron chi connectivity index (χ0n) is 14.6. The van der Waals surface area contributed by atoms with Crippen LogP contribution in [-0.4, -0.2) is 42.5 Å². The first-order chi connectivity index (χ1) is 12.9. The number of piperidine rings is 1. The van der Waals surface area contributed by atoms with E-state index < -0.39 is 10.0 Å². The Bertz CT molecular complexity index is 881. The van der Waals surface area contributed by atoms with Crippen molar-refractivity contribution in [2.24, 2.45) is 0 Å². The third-order valence-corrected chi connectivity index (χ3v) is 6.97. The highest BCUT2D eigenvalue weighted by Crippen LogP contribution is 2.22. The molecule has 2 heterocycles. The van der Waals surface area contributed by atoms with Crippen molar-refractivity contribution in [3.8, 4) is 0 Å². The summed E-state index contributed by atoms with van der Waals surface area (Å²) in [4.78, 5) is 16.3. The molecule has 0 atom stereocenters. The Hall–Kier alpha value is -1.97. The summed E-state index contributed by atoms with van der Waals surface area (Å²) in [6, 6.07) is 8.63. The van der Waals surface area contributed by atoms with Crippen LogP contribution in [0.3, 0.4) is 0 Å². The number of hydrogen-bond donors (Lipinski definition) is 1. The van der Waals surface area contributed by atoms with Crippen LogP contribution in [0.4, 0.5) is 10.1 Å². The van der Waals surface area contributed by atoms with E-state index in [2.05, 4.69) is 10.3 Å². The van der Waals surface area contributed by atoms with E-state index in [4.69, 9.17) is 0 Å². The molecule has 0 aliphatic carbocycles. The van der Waals surface area contributed by atoms with E-state index in [1.165, 1.54) is 52.6 Å². The number of thioether (sulfide) groups is 1. The second-order valence-corrected chi connectivity index (χ2v) is 9.07. The maximum atomic E-state index is 12.9. The van der Waals surface area contributed by atoms with Gasteiger partial charge in [0.25, 0.3) is 0 Å². The number of hydrogen-bond acceptors (Lipinski definition) is 5. The number of aromatic nitrogens is 1. The molecular formula is C18H20FN3O3S2. The summed E-state index contributed by atoms with van der Waals surface area (Å²) in [5.74, 6) is -0.507. The van der Waals surface area contributed by atoms with Gasteiger partial charge in [0.1, 0.15) is 10.7 Å². The maximum Gasteiger partial charge on any atom is 0.244 e. The number of anilines is 1. The number of benzene rings is 1. The predicted octanol–water partition coefficient (Wildman–Crippen LogP) is 3.13. The molecular weight excluding hydrogens is 389 g/mol. The first-order valence-electron chi connectivity index (χ1n) is 8.59. The van der Waals surface area contributed by atoms with Crippen molar-refractivity contribution in [1.82, 2.24) is 9.29 Å². The van der Waals surface area contributed by atoms with E-state index >= 15 is 0 Å². The van der Waals surface area contributed by atoms with E-state index in [9.17, 15) is 17.6 Å². The van der Waals surface area contributed by atoms with Crippen molar-refractivity contribution in [3.05, 3.63) is 48.4 Å². The minimum atomic E-state index is -3.50. The van der Waals surface area contributed by atoms with Crippen LogP contribution in [0.5, 0.6) is 0 Å². The fourth-order valence-electron chi connectivity index (χ4n) is 2.73. The summed E-state index contributed by atoms with van der Waals surface area (Å²) in [5.41, 5.74) is 0.512. The largest absolute Gasteiger partial charge is 0.325 e. The molecule has 2 aromatic rings. The highest BCUT2D eigenvalue weighted by Gasteiger charge is 2.26. The van der Waals surface area contributed by atoms with Gasteiger partial charge in [0.2, 0.25) is 15.9 Å². The standard InChI is InChI=1S/C18H20FN3O3S2/c19-14-4-6-15(7-5-14)21-17(23)13-26-18-9-8-16(12-20-18)27(24,25)22-10-2-1-3-11-22/h4-9,12H,1-3,10-11,13H2,(H,21,23). The second kappa shape index (κ2) is 8.81. The summed E-state index contributed by atoms with van der Waals surface area (Å²) < 4.78 is 39.5. The Balaban J connectivity index is 1.55. The molecule has 3 rings (SSSR count). The predicted molar refractivity (Wildman–Crippen MR) is 103 cm³/mol. The Morgan fingerprint density at radius 3 is 2.44 bits per heavy atom. The molecule has 144 valence electrons. The molecule has 1 saturated heterocycles.